The summed E-state index contributed by atoms with van der Waals surface area (Å²) in [5, 5.41) is 4.56. The van der Waals surface area contributed by atoms with Crippen LogP contribution in [-0.4, -0.2) is 42.1 Å². The van der Waals surface area contributed by atoms with Gasteiger partial charge in [0.15, 0.2) is 0 Å². The van der Waals surface area contributed by atoms with Crippen molar-refractivity contribution in [3.05, 3.63) is 77.8 Å². The van der Waals surface area contributed by atoms with E-state index in [0.29, 0.717) is 29.0 Å². The van der Waals surface area contributed by atoms with E-state index in [1.54, 1.807) is 6.33 Å². The number of fused-ring (bicyclic) bond motifs is 2. The second kappa shape index (κ2) is 6.77. The number of hydrogen-bond donors (Lipinski definition) is 1. The number of halogens is 2. The number of rotatable bonds is 3. The molecule has 9 heteroatoms. The predicted octanol–water partition coefficient (Wildman–Crippen LogP) is 3.34. The lowest BCUT2D eigenvalue weighted by Crippen LogP contribution is -2.42. The highest BCUT2D eigenvalue weighted by molar-refractivity contribution is 5.93. The van der Waals surface area contributed by atoms with Crippen molar-refractivity contribution in [3.8, 4) is 0 Å². The third-order valence-electron chi connectivity index (χ3n) is 5.16. The van der Waals surface area contributed by atoms with E-state index in [1.807, 2.05) is 36.4 Å². The van der Waals surface area contributed by atoms with Gasteiger partial charge in [0, 0.05) is 30.2 Å². The van der Waals surface area contributed by atoms with Crippen LogP contribution in [0.1, 0.15) is 40.2 Å². The van der Waals surface area contributed by atoms with Gasteiger partial charge in [-0.3, -0.25) is 9.78 Å². The first-order valence-corrected chi connectivity index (χ1v) is 9.14. The molecule has 1 atom stereocenters. The predicted molar refractivity (Wildman–Crippen MR) is 100 cm³/mol. The number of nitrogens with one attached hydrogen (secondary N) is 1. The van der Waals surface area contributed by atoms with Crippen molar-refractivity contribution in [3.63, 3.8) is 0 Å². The van der Waals surface area contributed by atoms with Gasteiger partial charge in [-0.1, -0.05) is 24.3 Å². The number of nitrogens with zero attached hydrogens (tertiary/aromatic N) is 5. The Kier molecular flexibility index (Phi) is 4.08. The highest BCUT2D eigenvalue weighted by Gasteiger charge is 2.37. The fourth-order valence-corrected chi connectivity index (χ4v) is 3.82. The van der Waals surface area contributed by atoms with Crippen LogP contribution >= 0.6 is 0 Å². The highest BCUT2D eigenvalue weighted by atomic mass is 19.3. The number of pyridine rings is 1. The van der Waals surface area contributed by atoms with Gasteiger partial charge in [-0.05, 0) is 18.2 Å². The van der Waals surface area contributed by atoms with Gasteiger partial charge in [0.25, 0.3) is 5.91 Å². The zero-order valence-corrected chi connectivity index (χ0v) is 15.2. The lowest BCUT2D eigenvalue weighted by molar-refractivity contribution is 0.0441. The minimum absolute atomic E-state index is 0.162. The molecule has 0 radical (unpaired) electrons. The molecule has 1 N–H and O–H groups in total. The number of hydrogen-bond acceptors (Lipinski definition) is 4. The molecule has 5 rings (SSSR count). The summed E-state index contributed by atoms with van der Waals surface area (Å²) in [4.78, 5) is 27.0. The molecule has 0 fully saturated rings. The second-order valence-electron chi connectivity index (χ2n) is 6.78. The average Bonchev–Trinajstić information content (AvgIpc) is 3.41. The zero-order valence-electron chi connectivity index (χ0n) is 15.2. The Morgan fingerprint density at radius 1 is 1.17 bits per heavy atom. The molecule has 0 spiro atoms. The summed E-state index contributed by atoms with van der Waals surface area (Å²) in [5.41, 5.74) is 2.85. The van der Waals surface area contributed by atoms with Gasteiger partial charge in [0.1, 0.15) is 11.7 Å². The minimum atomic E-state index is -2.90. The van der Waals surface area contributed by atoms with Crippen LogP contribution in [0.15, 0.2) is 55.0 Å². The monoisotopic (exact) mass is 394 g/mol. The Morgan fingerprint density at radius 3 is 2.90 bits per heavy atom. The van der Waals surface area contributed by atoms with Crippen LogP contribution in [0.4, 0.5) is 8.78 Å². The summed E-state index contributed by atoms with van der Waals surface area (Å²) in [7, 11) is 0. The number of alkyl halides is 2. The standard InChI is InChI=1S/C20H16F2N6O/c21-20(22)28-16(7-9-25-28)19(29)27-10-8-14-17(24-11-23-14)18(27)15-6-5-12-3-1-2-4-13(12)26-15/h1-7,9,11,18,20H,8,10H2,(H,23,24)/t18-/m0/s1. The van der Waals surface area contributed by atoms with Crippen molar-refractivity contribution in [1.29, 1.82) is 0 Å². The molecule has 0 saturated heterocycles. The summed E-state index contributed by atoms with van der Waals surface area (Å²) < 4.78 is 27.0. The first-order chi connectivity index (χ1) is 14.1. The number of H-pyrrole nitrogens is 1. The van der Waals surface area contributed by atoms with Crippen LogP contribution in [0, 0.1) is 0 Å². The topological polar surface area (TPSA) is 79.7 Å². The van der Waals surface area contributed by atoms with Gasteiger partial charge in [-0.25, -0.2) is 4.98 Å². The molecule has 4 aromatic rings. The van der Waals surface area contributed by atoms with E-state index in [1.165, 1.54) is 17.2 Å². The van der Waals surface area contributed by atoms with Crippen LogP contribution in [0.2, 0.25) is 0 Å². The van der Waals surface area contributed by atoms with Crippen LogP contribution in [-0.2, 0) is 6.42 Å². The molecule has 4 heterocycles. The zero-order chi connectivity index (χ0) is 20.0. The van der Waals surface area contributed by atoms with E-state index in [-0.39, 0.29) is 5.69 Å². The van der Waals surface area contributed by atoms with E-state index >= 15 is 0 Å². The van der Waals surface area contributed by atoms with Crippen molar-refractivity contribution >= 4 is 16.8 Å². The van der Waals surface area contributed by atoms with Crippen LogP contribution in [0.25, 0.3) is 10.9 Å². The van der Waals surface area contributed by atoms with E-state index < -0.39 is 18.5 Å². The largest absolute Gasteiger partial charge is 0.348 e. The smallest absolute Gasteiger partial charge is 0.333 e. The molecular weight excluding hydrogens is 378 g/mol. The number of imidazole rings is 1. The Bertz CT molecular complexity index is 1200. The van der Waals surface area contributed by atoms with E-state index in [0.717, 1.165) is 16.6 Å². The van der Waals surface area contributed by atoms with Gasteiger partial charge >= 0.3 is 6.55 Å². The van der Waals surface area contributed by atoms with Gasteiger partial charge in [-0.15, -0.1) is 0 Å². The molecule has 3 aromatic heterocycles. The van der Waals surface area contributed by atoms with Gasteiger partial charge in [-0.2, -0.15) is 18.6 Å². The Hall–Kier alpha value is -3.62. The van der Waals surface area contributed by atoms with Crippen molar-refractivity contribution < 1.29 is 13.6 Å². The fourth-order valence-electron chi connectivity index (χ4n) is 3.82. The molecule has 0 unspecified atom stereocenters. The maximum Gasteiger partial charge on any atom is 0.333 e. The summed E-state index contributed by atoms with van der Waals surface area (Å²) >= 11 is 0. The average molecular weight is 394 g/mol. The summed E-state index contributed by atoms with van der Waals surface area (Å²) in [5.74, 6) is -0.531. The third kappa shape index (κ3) is 2.86. The molecule has 1 aromatic carbocycles. The van der Waals surface area contributed by atoms with E-state index in [2.05, 4.69) is 15.1 Å². The number of carbonyl (C=O) groups excluding carboxylic acids is 1. The van der Waals surface area contributed by atoms with Gasteiger partial charge in [0.2, 0.25) is 0 Å². The molecule has 146 valence electrons. The van der Waals surface area contributed by atoms with Crippen LogP contribution in [0.3, 0.4) is 0 Å². The quantitative estimate of drug-likeness (QED) is 0.578. The number of aromatic nitrogens is 5. The lowest BCUT2D eigenvalue weighted by Gasteiger charge is -2.34. The molecule has 1 aliphatic rings. The third-order valence-corrected chi connectivity index (χ3v) is 5.16. The molecule has 29 heavy (non-hydrogen) atoms. The molecule has 0 bridgehead atoms. The lowest BCUT2D eigenvalue weighted by atomic mass is 9.98. The van der Waals surface area contributed by atoms with E-state index in [9.17, 15) is 13.6 Å². The number of carbonyl (C=O) groups is 1. The SMILES string of the molecule is O=C(c1ccnn1C(F)F)N1CCc2[nH]cnc2[C@@H]1c1ccc2ccccc2n1. The summed E-state index contributed by atoms with van der Waals surface area (Å²) in [6, 6.07) is 12.2. The molecular formula is C20H16F2N6O. The van der Waals surface area contributed by atoms with Gasteiger partial charge < -0.3 is 9.88 Å². The molecule has 7 nitrogen and oxygen atoms in total. The Morgan fingerprint density at radius 2 is 2.03 bits per heavy atom. The van der Waals surface area contributed by atoms with Crippen LogP contribution < -0.4 is 0 Å². The fraction of sp³-hybridized carbons (Fsp3) is 0.200. The highest BCUT2D eigenvalue weighted by Crippen LogP contribution is 2.34. The molecule has 0 saturated carbocycles. The van der Waals surface area contributed by atoms with Crippen molar-refractivity contribution in [2.45, 2.75) is 19.0 Å². The van der Waals surface area contributed by atoms with Gasteiger partial charge in [0.05, 0.1) is 23.2 Å². The first kappa shape index (κ1) is 17.5. The Balaban J connectivity index is 1.62. The Labute approximate surface area is 164 Å². The maximum absolute atomic E-state index is 13.3. The molecule has 1 amide bonds. The van der Waals surface area contributed by atoms with Crippen molar-refractivity contribution in [1.82, 2.24) is 29.6 Å². The number of aromatic amines is 1. The first-order valence-electron chi connectivity index (χ1n) is 9.14. The summed E-state index contributed by atoms with van der Waals surface area (Å²) in [6.45, 7) is -2.55. The normalized spacial score (nSPS) is 16.4. The number of amides is 1. The molecule has 0 aliphatic carbocycles. The van der Waals surface area contributed by atoms with Crippen molar-refractivity contribution in [2.75, 3.05) is 6.54 Å². The van der Waals surface area contributed by atoms with E-state index in [4.69, 9.17) is 4.98 Å². The minimum Gasteiger partial charge on any atom is -0.348 e. The van der Waals surface area contributed by atoms with Crippen molar-refractivity contribution in [2.24, 2.45) is 0 Å². The second-order valence-corrected chi connectivity index (χ2v) is 6.78. The molecule has 1 aliphatic heterocycles. The maximum atomic E-state index is 13.3. The number of benzene rings is 1. The summed E-state index contributed by atoms with van der Waals surface area (Å²) in [6.07, 6.45) is 3.33. The van der Waals surface area contributed by atoms with Crippen LogP contribution in [0.5, 0.6) is 0 Å². The number of para-hydroxylation sites is 1.